The largest absolute Gasteiger partial charge is 0.308 e. The maximum Gasteiger partial charge on any atom is 0.0837 e. The summed E-state index contributed by atoms with van der Waals surface area (Å²) in [6.45, 7) is 4.21. The summed E-state index contributed by atoms with van der Waals surface area (Å²) in [5, 5.41) is 8.43. The van der Waals surface area contributed by atoms with Crippen LogP contribution in [0.25, 0.3) is 0 Å². The van der Waals surface area contributed by atoms with Crippen LogP contribution < -0.4 is 5.32 Å². The van der Waals surface area contributed by atoms with Crippen LogP contribution in [0, 0.1) is 3.57 Å². The number of rotatable bonds is 4. The van der Waals surface area contributed by atoms with Crippen LogP contribution in [0.15, 0.2) is 28.9 Å². The minimum absolute atomic E-state index is 0.0109. The van der Waals surface area contributed by atoms with Crippen molar-refractivity contribution in [1.29, 1.82) is 0 Å². The lowest BCUT2D eigenvalue weighted by atomic mass is 10.0. The Kier molecular flexibility index (Phi) is 5.50. The quantitative estimate of drug-likeness (QED) is 0.654. The van der Waals surface area contributed by atoms with Gasteiger partial charge >= 0.3 is 0 Å². The third-order valence-electron chi connectivity index (χ3n) is 3.11. The Labute approximate surface area is 146 Å². The molecule has 2 aromatic rings. The van der Waals surface area contributed by atoms with Crippen LogP contribution in [-0.2, 0) is 0 Å². The number of hydrogen-bond acceptors (Lipinski definition) is 2. The summed E-state index contributed by atoms with van der Waals surface area (Å²) in [5.74, 6) is 0. The van der Waals surface area contributed by atoms with Crippen molar-refractivity contribution in [3.63, 3.8) is 0 Å². The lowest BCUT2D eigenvalue weighted by Gasteiger charge is -2.22. The SMILES string of the molecule is CNC(c1cc(Br)ccc1I)c1c(Cl)cnn1C(C)C. The van der Waals surface area contributed by atoms with Gasteiger partial charge in [0, 0.05) is 14.1 Å². The van der Waals surface area contributed by atoms with Gasteiger partial charge in [-0.05, 0) is 67.2 Å². The fraction of sp³-hybridized carbons (Fsp3) is 0.357. The Morgan fingerprint density at radius 3 is 2.70 bits per heavy atom. The van der Waals surface area contributed by atoms with E-state index in [1.807, 2.05) is 17.8 Å². The normalized spacial score (nSPS) is 12.9. The van der Waals surface area contributed by atoms with Crippen LogP contribution in [0.3, 0.4) is 0 Å². The topological polar surface area (TPSA) is 29.9 Å². The number of benzene rings is 1. The highest BCUT2D eigenvalue weighted by atomic mass is 127. The highest BCUT2D eigenvalue weighted by Gasteiger charge is 2.23. The predicted octanol–water partition coefficient (Wildman–Crippen LogP) is 4.79. The van der Waals surface area contributed by atoms with E-state index in [9.17, 15) is 0 Å². The van der Waals surface area contributed by atoms with Gasteiger partial charge in [-0.15, -0.1) is 0 Å². The second-order valence-corrected chi connectivity index (χ2v) is 7.29. The van der Waals surface area contributed by atoms with E-state index >= 15 is 0 Å². The molecule has 0 fully saturated rings. The minimum Gasteiger partial charge on any atom is -0.308 e. The molecule has 0 bridgehead atoms. The molecule has 1 N–H and O–H groups in total. The summed E-state index contributed by atoms with van der Waals surface area (Å²) in [7, 11) is 1.94. The summed E-state index contributed by atoms with van der Waals surface area (Å²) in [4.78, 5) is 0. The number of halogens is 3. The number of nitrogens with one attached hydrogen (secondary N) is 1. The molecule has 108 valence electrons. The zero-order valence-electron chi connectivity index (χ0n) is 11.5. The number of aromatic nitrogens is 2. The molecule has 1 aromatic heterocycles. The Morgan fingerprint density at radius 1 is 1.40 bits per heavy atom. The Hall–Kier alpha value is -0.110. The van der Waals surface area contributed by atoms with E-state index in [0.29, 0.717) is 5.02 Å². The fourth-order valence-electron chi connectivity index (χ4n) is 2.21. The molecule has 20 heavy (non-hydrogen) atoms. The third kappa shape index (κ3) is 3.21. The predicted molar refractivity (Wildman–Crippen MR) is 95.4 cm³/mol. The molecule has 0 aliphatic rings. The van der Waals surface area contributed by atoms with Crippen molar-refractivity contribution >= 4 is 50.1 Å². The van der Waals surface area contributed by atoms with Gasteiger partial charge in [-0.3, -0.25) is 4.68 Å². The molecule has 3 nitrogen and oxygen atoms in total. The van der Waals surface area contributed by atoms with Gasteiger partial charge in [0.25, 0.3) is 0 Å². The highest BCUT2D eigenvalue weighted by Crippen LogP contribution is 2.33. The fourth-order valence-corrected chi connectivity index (χ4v) is 3.47. The van der Waals surface area contributed by atoms with Gasteiger partial charge in [0.15, 0.2) is 0 Å². The van der Waals surface area contributed by atoms with E-state index < -0.39 is 0 Å². The average Bonchev–Trinajstić information content (AvgIpc) is 2.77. The van der Waals surface area contributed by atoms with Gasteiger partial charge in [0.05, 0.1) is 23.0 Å². The van der Waals surface area contributed by atoms with Crippen LogP contribution in [0.4, 0.5) is 0 Å². The minimum atomic E-state index is 0.0109. The van der Waals surface area contributed by atoms with Crippen molar-refractivity contribution in [1.82, 2.24) is 15.1 Å². The first-order chi connectivity index (χ1) is 9.45. The summed E-state index contributed by atoms with van der Waals surface area (Å²) in [6.07, 6.45) is 1.71. The van der Waals surface area contributed by atoms with E-state index in [1.54, 1.807) is 6.20 Å². The first-order valence-corrected chi connectivity index (χ1v) is 8.55. The van der Waals surface area contributed by atoms with Gasteiger partial charge in [-0.1, -0.05) is 27.5 Å². The molecule has 0 spiro atoms. The van der Waals surface area contributed by atoms with E-state index in [0.717, 1.165) is 10.2 Å². The van der Waals surface area contributed by atoms with Crippen LogP contribution in [0.5, 0.6) is 0 Å². The summed E-state index contributed by atoms with van der Waals surface area (Å²) in [6, 6.07) is 6.53. The zero-order valence-corrected chi connectivity index (χ0v) is 16.0. The van der Waals surface area contributed by atoms with Gasteiger partial charge < -0.3 is 5.32 Å². The molecule has 0 amide bonds. The van der Waals surface area contributed by atoms with Crippen LogP contribution in [0.1, 0.15) is 37.2 Å². The first kappa shape index (κ1) is 16.3. The second-order valence-electron chi connectivity index (χ2n) is 4.80. The highest BCUT2D eigenvalue weighted by molar-refractivity contribution is 14.1. The summed E-state index contributed by atoms with van der Waals surface area (Å²) >= 11 is 12.3. The van der Waals surface area contributed by atoms with Crippen molar-refractivity contribution in [2.75, 3.05) is 7.05 Å². The first-order valence-electron chi connectivity index (χ1n) is 6.30. The molecule has 1 aromatic carbocycles. The monoisotopic (exact) mass is 467 g/mol. The summed E-state index contributed by atoms with van der Waals surface area (Å²) < 4.78 is 4.22. The molecule has 0 saturated carbocycles. The van der Waals surface area contributed by atoms with Gasteiger partial charge in [-0.25, -0.2) is 0 Å². The summed E-state index contributed by atoms with van der Waals surface area (Å²) in [5.41, 5.74) is 2.19. The molecule has 0 aliphatic carbocycles. The van der Waals surface area contributed by atoms with Gasteiger partial charge in [-0.2, -0.15) is 5.10 Å². The van der Waals surface area contributed by atoms with E-state index in [2.05, 4.69) is 74.9 Å². The maximum absolute atomic E-state index is 6.37. The molecule has 0 aliphatic heterocycles. The van der Waals surface area contributed by atoms with Crippen LogP contribution in [0.2, 0.25) is 5.02 Å². The molecular weight excluding hydrogens is 452 g/mol. The molecule has 6 heteroatoms. The van der Waals surface area contributed by atoms with Crippen molar-refractivity contribution in [2.24, 2.45) is 0 Å². The van der Waals surface area contributed by atoms with Crippen molar-refractivity contribution in [3.05, 3.63) is 48.7 Å². The van der Waals surface area contributed by atoms with Gasteiger partial charge in [0.2, 0.25) is 0 Å². The number of nitrogens with zero attached hydrogens (tertiary/aromatic N) is 2. The van der Waals surface area contributed by atoms with Crippen molar-refractivity contribution in [3.8, 4) is 0 Å². The standard InChI is InChI=1S/C14H16BrClIN3/c1-8(2)20-14(11(16)7-19-20)13(18-3)10-6-9(15)4-5-12(10)17/h4-8,13,18H,1-3H3. The van der Waals surface area contributed by atoms with Crippen LogP contribution in [-0.4, -0.2) is 16.8 Å². The van der Waals surface area contributed by atoms with Crippen LogP contribution >= 0.6 is 50.1 Å². The average molecular weight is 469 g/mol. The molecule has 0 radical (unpaired) electrons. The number of hydrogen-bond donors (Lipinski definition) is 1. The molecule has 1 atom stereocenters. The molecule has 1 unspecified atom stereocenters. The lowest BCUT2D eigenvalue weighted by molar-refractivity contribution is 0.483. The van der Waals surface area contributed by atoms with E-state index in [4.69, 9.17) is 11.6 Å². The van der Waals surface area contributed by atoms with E-state index in [-0.39, 0.29) is 12.1 Å². The second kappa shape index (κ2) is 6.77. The molecule has 2 rings (SSSR count). The Morgan fingerprint density at radius 2 is 2.10 bits per heavy atom. The zero-order chi connectivity index (χ0) is 14.9. The lowest BCUT2D eigenvalue weighted by Crippen LogP contribution is -2.23. The van der Waals surface area contributed by atoms with Crippen molar-refractivity contribution in [2.45, 2.75) is 25.9 Å². The molecule has 1 heterocycles. The molecule has 0 saturated heterocycles. The maximum atomic E-state index is 6.37. The van der Waals surface area contributed by atoms with Gasteiger partial charge in [0.1, 0.15) is 0 Å². The van der Waals surface area contributed by atoms with Crippen molar-refractivity contribution < 1.29 is 0 Å². The Balaban J connectivity index is 2.58. The Bertz CT molecular complexity index is 612. The third-order valence-corrected chi connectivity index (χ3v) is 4.87. The van der Waals surface area contributed by atoms with E-state index in [1.165, 1.54) is 9.13 Å². The smallest absolute Gasteiger partial charge is 0.0837 e. The molecular formula is C14H16BrClIN3.